The van der Waals surface area contributed by atoms with Gasteiger partial charge in [0.2, 0.25) is 23.5 Å². The molecule has 0 bridgehead atoms. The number of rotatable bonds is 4. The SMILES string of the molecule is Cn1nc(C(F)(F)F)cc1Oc1cccc(Oc2cc(C(F)(F)F)nn2C)n1. The van der Waals surface area contributed by atoms with E-state index in [0.29, 0.717) is 12.1 Å². The minimum absolute atomic E-state index is 0.146. The first-order valence-corrected chi connectivity index (χ1v) is 7.49. The Morgan fingerprint density at radius 3 is 1.46 bits per heavy atom. The molecule has 0 radical (unpaired) electrons. The molecule has 0 aromatic carbocycles. The Labute approximate surface area is 153 Å². The van der Waals surface area contributed by atoms with Crippen molar-refractivity contribution in [3.63, 3.8) is 0 Å². The van der Waals surface area contributed by atoms with Gasteiger partial charge in [0, 0.05) is 38.4 Å². The van der Waals surface area contributed by atoms with Crippen LogP contribution in [-0.4, -0.2) is 24.5 Å². The van der Waals surface area contributed by atoms with Gasteiger partial charge in [-0.15, -0.1) is 0 Å². The molecule has 0 atom stereocenters. The zero-order chi connectivity index (χ0) is 20.7. The van der Waals surface area contributed by atoms with E-state index in [2.05, 4.69) is 15.2 Å². The zero-order valence-electron chi connectivity index (χ0n) is 14.2. The van der Waals surface area contributed by atoms with Crippen LogP contribution in [0, 0.1) is 0 Å². The fourth-order valence-corrected chi connectivity index (χ4v) is 2.09. The van der Waals surface area contributed by atoms with Crippen LogP contribution in [0.15, 0.2) is 30.3 Å². The minimum atomic E-state index is -4.65. The number of nitrogens with zero attached hydrogens (tertiary/aromatic N) is 5. The Hall–Kier alpha value is -3.25. The summed E-state index contributed by atoms with van der Waals surface area (Å²) in [4.78, 5) is 3.90. The van der Waals surface area contributed by atoms with Crippen molar-refractivity contribution in [3.8, 4) is 23.5 Å². The van der Waals surface area contributed by atoms with E-state index in [1.807, 2.05) is 0 Å². The summed E-state index contributed by atoms with van der Waals surface area (Å²) in [6, 6.07) is 5.44. The molecule has 0 spiro atoms. The molecule has 0 saturated carbocycles. The first kappa shape index (κ1) is 19.5. The second-order valence-electron chi connectivity index (χ2n) is 5.50. The van der Waals surface area contributed by atoms with Gasteiger partial charge in [0.05, 0.1) is 0 Å². The van der Waals surface area contributed by atoms with Crippen LogP contribution in [-0.2, 0) is 26.4 Å². The highest BCUT2D eigenvalue weighted by atomic mass is 19.4. The van der Waals surface area contributed by atoms with Crippen molar-refractivity contribution in [3.05, 3.63) is 41.7 Å². The molecule has 0 aliphatic carbocycles. The number of hydrogen-bond acceptors (Lipinski definition) is 5. The average molecular weight is 407 g/mol. The van der Waals surface area contributed by atoms with Gasteiger partial charge in [-0.05, 0) is 0 Å². The van der Waals surface area contributed by atoms with Crippen molar-refractivity contribution in [1.82, 2.24) is 24.5 Å². The molecular weight excluding hydrogens is 396 g/mol. The highest BCUT2D eigenvalue weighted by Crippen LogP contribution is 2.33. The molecule has 150 valence electrons. The largest absolute Gasteiger partial charge is 0.435 e. The maximum Gasteiger partial charge on any atom is 0.435 e. The minimum Gasteiger partial charge on any atom is -0.421 e. The van der Waals surface area contributed by atoms with E-state index in [4.69, 9.17) is 9.47 Å². The van der Waals surface area contributed by atoms with Crippen molar-refractivity contribution in [2.45, 2.75) is 12.4 Å². The van der Waals surface area contributed by atoms with Gasteiger partial charge in [0.1, 0.15) is 0 Å². The first-order valence-electron chi connectivity index (χ1n) is 7.49. The fourth-order valence-electron chi connectivity index (χ4n) is 2.09. The normalized spacial score (nSPS) is 12.3. The summed E-state index contributed by atoms with van der Waals surface area (Å²) in [5, 5.41) is 6.59. The standard InChI is InChI=1S/C15H11F6N5O2/c1-25-12(6-8(23-25)14(16,17)18)27-10-4-3-5-11(22-10)28-13-7-9(15(19,20)21)24-26(13)2/h3-7H,1-2H3. The number of halogens is 6. The highest BCUT2D eigenvalue weighted by Gasteiger charge is 2.36. The molecule has 0 aliphatic rings. The van der Waals surface area contributed by atoms with Crippen LogP contribution in [0.5, 0.6) is 23.5 Å². The van der Waals surface area contributed by atoms with Crippen LogP contribution < -0.4 is 9.47 Å². The lowest BCUT2D eigenvalue weighted by Gasteiger charge is -2.07. The summed E-state index contributed by atoms with van der Waals surface area (Å²) in [7, 11) is 2.50. The van der Waals surface area contributed by atoms with E-state index in [1.54, 1.807) is 0 Å². The van der Waals surface area contributed by atoms with E-state index >= 15 is 0 Å². The molecule has 13 heteroatoms. The molecule has 28 heavy (non-hydrogen) atoms. The van der Waals surface area contributed by atoms with Gasteiger partial charge in [-0.3, -0.25) is 0 Å². The van der Waals surface area contributed by atoms with Crippen LogP contribution in [0.3, 0.4) is 0 Å². The van der Waals surface area contributed by atoms with Gasteiger partial charge < -0.3 is 9.47 Å². The predicted octanol–water partition coefficient (Wildman–Crippen LogP) is 4.17. The van der Waals surface area contributed by atoms with Crippen LogP contribution in [0.25, 0.3) is 0 Å². The third-order valence-corrected chi connectivity index (χ3v) is 3.37. The zero-order valence-corrected chi connectivity index (χ0v) is 14.2. The smallest absolute Gasteiger partial charge is 0.421 e. The maximum absolute atomic E-state index is 12.7. The molecule has 0 amide bonds. The predicted molar refractivity (Wildman–Crippen MR) is 80.8 cm³/mol. The molecule has 3 rings (SSSR count). The topological polar surface area (TPSA) is 67.0 Å². The summed E-state index contributed by atoms with van der Waals surface area (Å²) in [6.07, 6.45) is -9.29. The highest BCUT2D eigenvalue weighted by molar-refractivity contribution is 5.29. The number of ether oxygens (including phenoxy) is 2. The van der Waals surface area contributed by atoms with Crippen molar-refractivity contribution >= 4 is 0 Å². The molecule has 3 heterocycles. The lowest BCUT2D eigenvalue weighted by molar-refractivity contribution is -0.142. The summed E-state index contributed by atoms with van der Waals surface area (Å²) in [6.45, 7) is 0. The van der Waals surface area contributed by atoms with E-state index in [0.717, 1.165) is 9.36 Å². The summed E-state index contributed by atoms with van der Waals surface area (Å²) in [5.41, 5.74) is -2.29. The third kappa shape index (κ3) is 4.18. The molecule has 0 N–H and O–H groups in total. The van der Waals surface area contributed by atoms with Crippen LogP contribution in [0.2, 0.25) is 0 Å². The van der Waals surface area contributed by atoms with Gasteiger partial charge in [-0.2, -0.15) is 41.5 Å². The maximum atomic E-state index is 12.7. The monoisotopic (exact) mass is 407 g/mol. The number of aryl methyl sites for hydroxylation is 2. The molecule has 3 aromatic rings. The quantitative estimate of drug-likeness (QED) is 0.608. The first-order chi connectivity index (χ1) is 12.9. The molecule has 3 aromatic heterocycles. The average Bonchev–Trinajstić information content (AvgIpc) is 3.11. The molecule has 0 unspecified atom stereocenters. The Morgan fingerprint density at radius 1 is 0.750 bits per heavy atom. The summed E-state index contributed by atoms with van der Waals surface area (Å²) in [5.74, 6) is -0.770. The number of hydrogen-bond donors (Lipinski definition) is 0. The molecule has 7 nitrogen and oxygen atoms in total. The Kier molecular flexibility index (Phi) is 4.69. The molecule has 0 aliphatic heterocycles. The van der Waals surface area contributed by atoms with E-state index < -0.39 is 23.7 Å². The van der Waals surface area contributed by atoms with Crippen LogP contribution in [0.4, 0.5) is 26.3 Å². The van der Waals surface area contributed by atoms with Crippen molar-refractivity contribution in [2.24, 2.45) is 14.1 Å². The summed E-state index contributed by atoms with van der Waals surface area (Å²) < 4.78 is 88.4. The Bertz CT molecular complexity index is 916. The lowest BCUT2D eigenvalue weighted by atomic mass is 10.4. The second kappa shape index (κ2) is 6.73. The number of aromatic nitrogens is 5. The van der Waals surface area contributed by atoms with Gasteiger partial charge in [-0.1, -0.05) is 6.07 Å². The Balaban J connectivity index is 1.80. The van der Waals surface area contributed by atoms with Crippen LogP contribution in [0.1, 0.15) is 11.4 Å². The van der Waals surface area contributed by atoms with Gasteiger partial charge in [-0.25, -0.2) is 9.36 Å². The fraction of sp³-hybridized carbons (Fsp3) is 0.267. The van der Waals surface area contributed by atoms with Gasteiger partial charge >= 0.3 is 12.4 Å². The summed E-state index contributed by atoms with van der Waals surface area (Å²) >= 11 is 0. The van der Waals surface area contributed by atoms with Gasteiger partial charge in [0.15, 0.2) is 11.4 Å². The number of alkyl halides is 6. The van der Waals surface area contributed by atoms with Crippen molar-refractivity contribution in [1.29, 1.82) is 0 Å². The molecule has 0 fully saturated rings. The van der Waals surface area contributed by atoms with E-state index in [-0.39, 0.29) is 23.5 Å². The third-order valence-electron chi connectivity index (χ3n) is 3.37. The number of pyridine rings is 1. The second-order valence-corrected chi connectivity index (χ2v) is 5.50. The van der Waals surface area contributed by atoms with E-state index in [1.165, 1.54) is 32.3 Å². The lowest BCUT2D eigenvalue weighted by Crippen LogP contribution is -2.06. The van der Waals surface area contributed by atoms with Crippen molar-refractivity contribution < 1.29 is 35.8 Å². The molecular formula is C15H11F6N5O2. The Morgan fingerprint density at radius 2 is 1.14 bits per heavy atom. The van der Waals surface area contributed by atoms with Crippen LogP contribution >= 0.6 is 0 Å². The van der Waals surface area contributed by atoms with Crippen molar-refractivity contribution in [2.75, 3.05) is 0 Å². The molecule has 0 saturated heterocycles. The van der Waals surface area contributed by atoms with E-state index in [9.17, 15) is 26.3 Å². The van der Waals surface area contributed by atoms with Gasteiger partial charge in [0.25, 0.3) is 0 Å².